The van der Waals surface area contributed by atoms with Crippen molar-refractivity contribution in [3.63, 3.8) is 0 Å². The minimum atomic E-state index is -2.07. The average molecular weight is 315 g/mol. The topological polar surface area (TPSA) is 93.5 Å². The van der Waals surface area contributed by atoms with Gasteiger partial charge in [-0.2, -0.15) is 0 Å². The molecule has 120 valence electrons. The third-order valence-corrected chi connectivity index (χ3v) is 8.78. The van der Waals surface area contributed by atoms with Gasteiger partial charge in [-0.3, -0.25) is 0 Å². The van der Waals surface area contributed by atoms with Crippen LogP contribution in [-0.4, -0.2) is 45.8 Å². The smallest absolute Gasteiger partial charge is 0.337 e. The molecule has 0 aromatic carbocycles. The molecule has 0 spiro atoms. The summed E-state index contributed by atoms with van der Waals surface area (Å²) in [5.74, 6) is -0.455. The Morgan fingerprint density at radius 3 is 2.43 bits per heavy atom. The lowest BCUT2D eigenvalue weighted by atomic mass is 9.96. The van der Waals surface area contributed by atoms with Gasteiger partial charge < -0.3 is 13.9 Å². The molecule has 8 heteroatoms. The van der Waals surface area contributed by atoms with E-state index in [1.165, 1.54) is 7.11 Å². The maximum atomic E-state index is 11.8. The largest absolute Gasteiger partial charge is 0.467 e. The Labute approximate surface area is 126 Å². The number of esters is 1. The lowest BCUT2D eigenvalue weighted by Crippen LogP contribution is -2.65. The van der Waals surface area contributed by atoms with E-state index in [4.69, 9.17) is 19.4 Å². The molecule has 7 nitrogen and oxygen atoms in total. The van der Waals surface area contributed by atoms with Crippen LogP contribution in [0.1, 0.15) is 27.7 Å². The van der Waals surface area contributed by atoms with E-state index in [0.717, 1.165) is 0 Å². The first kappa shape index (κ1) is 18.0. The highest BCUT2D eigenvalue weighted by atomic mass is 28.4. The van der Waals surface area contributed by atoms with E-state index >= 15 is 0 Å². The van der Waals surface area contributed by atoms with E-state index in [9.17, 15) is 4.79 Å². The highest BCUT2D eigenvalue weighted by Crippen LogP contribution is 2.41. The summed E-state index contributed by atoms with van der Waals surface area (Å²) in [6.45, 7) is 12.3. The van der Waals surface area contributed by atoms with Gasteiger partial charge >= 0.3 is 5.97 Å². The zero-order chi connectivity index (χ0) is 16.4. The summed E-state index contributed by atoms with van der Waals surface area (Å²) in [5.41, 5.74) is 8.55. The fourth-order valence-corrected chi connectivity index (χ4v) is 3.19. The molecule has 0 aromatic heterocycles. The van der Waals surface area contributed by atoms with Crippen LogP contribution in [0.15, 0.2) is 5.11 Å². The van der Waals surface area contributed by atoms with Gasteiger partial charge in [0.2, 0.25) is 0 Å². The minimum absolute atomic E-state index is 0.00947. The second-order valence-electron chi connectivity index (χ2n) is 6.83. The van der Waals surface area contributed by atoms with Gasteiger partial charge in [-0.05, 0) is 23.7 Å². The van der Waals surface area contributed by atoms with Gasteiger partial charge in [-0.25, -0.2) is 4.79 Å². The Balaban J connectivity index is 2.93. The molecular weight excluding hydrogens is 290 g/mol. The molecule has 0 aliphatic carbocycles. The van der Waals surface area contributed by atoms with Crippen molar-refractivity contribution in [2.45, 2.75) is 70.2 Å². The molecule has 0 saturated carbocycles. The number of nitrogens with zero attached hydrogens (tertiary/aromatic N) is 3. The Kier molecular flexibility index (Phi) is 5.44. The summed E-state index contributed by atoms with van der Waals surface area (Å²) in [6.07, 6.45) is -1.59. The number of hydrogen-bond acceptors (Lipinski definition) is 5. The molecule has 0 radical (unpaired) electrons. The van der Waals surface area contributed by atoms with E-state index in [0.29, 0.717) is 0 Å². The normalized spacial score (nSPS) is 27.3. The lowest BCUT2D eigenvalue weighted by molar-refractivity contribution is -0.230. The van der Waals surface area contributed by atoms with Crippen molar-refractivity contribution >= 4 is 14.3 Å². The lowest BCUT2D eigenvalue weighted by Gasteiger charge is -2.49. The second-order valence-corrected chi connectivity index (χ2v) is 11.6. The second kappa shape index (κ2) is 6.35. The molecule has 1 aliphatic heterocycles. The highest BCUT2D eigenvalue weighted by Gasteiger charge is 2.54. The first-order chi connectivity index (χ1) is 9.55. The van der Waals surface area contributed by atoms with Crippen molar-refractivity contribution in [1.82, 2.24) is 0 Å². The SMILES string of the molecule is COC(=O)[C@@H]1O[C@@H]([C@H](C)N=[N+]=[N-])[C@@H]1O[Si](C)(C)C(C)(C)C. The Bertz CT molecular complexity index is 443. The molecular formula is C13H25N3O4Si. The van der Waals surface area contributed by atoms with Crippen molar-refractivity contribution < 1.29 is 18.7 Å². The quantitative estimate of drug-likeness (QED) is 0.256. The zero-order valence-electron chi connectivity index (χ0n) is 13.8. The van der Waals surface area contributed by atoms with Gasteiger partial charge in [-0.1, -0.05) is 32.8 Å². The predicted octanol–water partition coefficient (Wildman–Crippen LogP) is 3.02. The first-order valence-electron chi connectivity index (χ1n) is 7.00. The maximum absolute atomic E-state index is 11.8. The number of azide groups is 1. The summed E-state index contributed by atoms with van der Waals surface area (Å²) in [7, 11) is -0.753. The maximum Gasteiger partial charge on any atom is 0.337 e. The van der Waals surface area contributed by atoms with Crippen molar-refractivity contribution in [2.24, 2.45) is 5.11 Å². The Hall–Kier alpha value is -1.08. The van der Waals surface area contributed by atoms with E-state index in [-0.39, 0.29) is 5.04 Å². The fraction of sp³-hybridized carbons (Fsp3) is 0.923. The van der Waals surface area contributed by atoms with Gasteiger partial charge in [0.1, 0.15) is 6.10 Å². The monoisotopic (exact) mass is 315 g/mol. The van der Waals surface area contributed by atoms with Crippen molar-refractivity contribution in [3.05, 3.63) is 10.4 Å². The molecule has 0 N–H and O–H groups in total. The van der Waals surface area contributed by atoms with Crippen LogP contribution in [0.2, 0.25) is 18.1 Å². The van der Waals surface area contributed by atoms with Crippen LogP contribution in [0.5, 0.6) is 0 Å². The number of carbonyl (C=O) groups excluding carboxylic acids is 1. The Morgan fingerprint density at radius 2 is 2.00 bits per heavy atom. The van der Waals surface area contributed by atoms with E-state index in [1.54, 1.807) is 6.92 Å². The van der Waals surface area contributed by atoms with Gasteiger partial charge in [0.05, 0.1) is 19.3 Å². The average Bonchev–Trinajstić information content (AvgIpc) is 2.33. The summed E-state index contributed by atoms with van der Waals surface area (Å²) >= 11 is 0. The Morgan fingerprint density at radius 1 is 1.43 bits per heavy atom. The minimum Gasteiger partial charge on any atom is -0.467 e. The summed E-state index contributed by atoms with van der Waals surface area (Å²) in [6, 6.07) is -0.398. The van der Waals surface area contributed by atoms with Crippen LogP contribution in [0.4, 0.5) is 0 Å². The zero-order valence-corrected chi connectivity index (χ0v) is 14.8. The molecule has 1 fully saturated rings. The summed E-state index contributed by atoms with van der Waals surface area (Å²) in [4.78, 5) is 14.5. The molecule has 0 bridgehead atoms. The molecule has 1 rings (SSSR count). The van der Waals surface area contributed by atoms with E-state index < -0.39 is 38.6 Å². The standard InChI is InChI=1S/C13H25N3O4Si/c1-8(15-16-14)9-10(11(19-9)12(17)18-5)20-21(6,7)13(2,3)4/h8-11H,1-7H3/t8-,9-,10-,11+/m0/s1. The molecule has 21 heavy (non-hydrogen) atoms. The van der Waals surface area contributed by atoms with Crippen LogP contribution < -0.4 is 0 Å². The molecule has 0 amide bonds. The van der Waals surface area contributed by atoms with Gasteiger partial charge in [0.15, 0.2) is 14.4 Å². The van der Waals surface area contributed by atoms with Crippen LogP contribution in [0.25, 0.3) is 10.4 Å². The molecule has 1 heterocycles. The number of rotatable bonds is 5. The number of ether oxygens (including phenoxy) is 2. The van der Waals surface area contributed by atoms with Crippen LogP contribution in [-0.2, 0) is 18.7 Å². The molecule has 0 unspecified atom stereocenters. The van der Waals surface area contributed by atoms with Crippen LogP contribution in [0.3, 0.4) is 0 Å². The summed E-state index contributed by atoms with van der Waals surface area (Å²) < 4.78 is 16.6. The first-order valence-corrected chi connectivity index (χ1v) is 9.91. The number of hydrogen-bond donors (Lipinski definition) is 0. The molecule has 4 atom stereocenters. The molecule has 1 saturated heterocycles. The molecule has 0 aromatic rings. The third kappa shape index (κ3) is 3.77. The van der Waals surface area contributed by atoms with E-state index in [1.807, 2.05) is 0 Å². The van der Waals surface area contributed by atoms with Gasteiger partial charge in [0.25, 0.3) is 0 Å². The number of methoxy groups -OCH3 is 1. The highest BCUT2D eigenvalue weighted by molar-refractivity contribution is 6.74. The van der Waals surface area contributed by atoms with Gasteiger partial charge in [-0.15, -0.1) is 0 Å². The van der Waals surface area contributed by atoms with Crippen LogP contribution >= 0.6 is 0 Å². The predicted molar refractivity (Wildman–Crippen MR) is 81.4 cm³/mol. The third-order valence-electron chi connectivity index (χ3n) is 4.31. The number of carbonyl (C=O) groups is 1. The van der Waals surface area contributed by atoms with Crippen molar-refractivity contribution in [1.29, 1.82) is 0 Å². The van der Waals surface area contributed by atoms with Crippen molar-refractivity contribution in [3.8, 4) is 0 Å². The van der Waals surface area contributed by atoms with Gasteiger partial charge in [0, 0.05) is 4.91 Å². The summed E-state index contributed by atoms with van der Waals surface area (Å²) in [5, 5.41) is 3.66. The molecule has 1 aliphatic rings. The van der Waals surface area contributed by atoms with E-state index in [2.05, 4.69) is 43.9 Å². The van der Waals surface area contributed by atoms with Crippen LogP contribution in [0, 0.1) is 0 Å². The van der Waals surface area contributed by atoms with Crippen molar-refractivity contribution in [2.75, 3.05) is 7.11 Å². The fourth-order valence-electron chi connectivity index (χ4n) is 1.89.